The maximum atomic E-state index is 5.17. The number of rotatable bonds is 6. The molecule has 60 heavy (non-hydrogen) atoms. The minimum absolute atomic E-state index is 0.635. The van der Waals surface area contributed by atoms with Crippen LogP contribution in [0, 0.1) is 0 Å². The minimum atomic E-state index is 0.635. The summed E-state index contributed by atoms with van der Waals surface area (Å²) in [5.41, 5.74) is 12.0. The lowest BCUT2D eigenvalue weighted by atomic mass is 9.95. The molecule has 3 heterocycles. The summed E-state index contributed by atoms with van der Waals surface area (Å²) in [5, 5.41) is 7.08. The van der Waals surface area contributed by atoms with Gasteiger partial charge in [0.1, 0.15) is 0 Å². The Morgan fingerprint density at radius 2 is 1.00 bits per heavy atom. The van der Waals surface area contributed by atoms with Gasteiger partial charge in [0.15, 0.2) is 17.5 Å². The van der Waals surface area contributed by atoms with Gasteiger partial charge in [-0.15, -0.1) is 0 Å². The monoisotopic (exact) mass is 765 g/mol. The van der Waals surface area contributed by atoms with E-state index in [2.05, 4.69) is 186 Å². The molecule has 0 saturated heterocycles. The third-order valence-corrected chi connectivity index (χ3v) is 11.7. The number of para-hydroxylation sites is 2. The summed E-state index contributed by atoms with van der Waals surface area (Å²) in [5.74, 6) is 1.92. The molecule has 0 bridgehead atoms. The van der Waals surface area contributed by atoms with E-state index in [1.807, 2.05) is 36.4 Å². The predicted molar refractivity (Wildman–Crippen MR) is 249 cm³/mol. The summed E-state index contributed by atoms with van der Waals surface area (Å²) in [6.45, 7) is 0. The Bertz CT molecular complexity index is 3410. The van der Waals surface area contributed by atoms with Crippen LogP contribution in [0.15, 0.2) is 206 Å². The van der Waals surface area contributed by atoms with Gasteiger partial charge in [0, 0.05) is 50.4 Å². The molecule has 2 aromatic heterocycles. The molecule has 0 aliphatic carbocycles. The minimum Gasteiger partial charge on any atom is -0.315 e. The highest BCUT2D eigenvalue weighted by Crippen LogP contribution is 2.48. The zero-order valence-corrected chi connectivity index (χ0v) is 32.4. The number of nitrogens with zero attached hydrogens (tertiary/aromatic N) is 5. The first-order chi connectivity index (χ1) is 29.7. The van der Waals surface area contributed by atoms with Crippen molar-refractivity contribution in [3.8, 4) is 51.0 Å². The first-order valence-corrected chi connectivity index (χ1v) is 20.3. The number of fused-ring (bicyclic) bond motifs is 5. The maximum absolute atomic E-state index is 5.17. The van der Waals surface area contributed by atoms with E-state index < -0.39 is 0 Å². The Balaban J connectivity index is 1.12. The first-order valence-electron chi connectivity index (χ1n) is 20.3. The highest BCUT2D eigenvalue weighted by Gasteiger charge is 2.26. The standard InChI is InChI=1S/C55H35N5/c1-5-16-37(17-6-1)53-56-54(38-18-7-2-8-19-38)58-55(57-53)48-34-42(32-40-20-13-14-27-45(40)48)39-28-29-46-47-33-41-22-15-21-36-30-31-59(43-23-9-3-10-24-43)52(50(36)41)51(47)60(49(46)35-39)44-25-11-4-12-26-44/h1-35H. The van der Waals surface area contributed by atoms with E-state index in [1.165, 1.54) is 38.3 Å². The van der Waals surface area contributed by atoms with Crippen LogP contribution < -0.4 is 4.90 Å². The third kappa shape index (κ3) is 5.52. The van der Waals surface area contributed by atoms with Gasteiger partial charge >= 0.3 is 0 Å². The van der Waals surface area contributed by atoms with E-state index in [0.29, 0.717) is 17.5 Å². The SMILES string of the molecule is C1=CN(c2ccccc2)c2c3c1cccc3cc1c3ccc(-c4cc(-c5nc(-c6ccccc6)nc(-c6ccccc6)n5)c5ccccc5c4)cc3n(-c3ccccc3)c21. The van der Waals surface area contributed by atoms with Gasteiger partial charge in [-0.1, -0.05) is 152 Å². The summed E-state index contributed by atoms with van der Waals surface area (Å²) in [6, 6.07) is 70.8. The normalized spacial score (nSPS) is 12.2. The Kier molecular flexibility index (Phi) is 7.78. The Labute approximate surface area is 346 Å². The van der Waals surface area contributed by atoms with Crippen molar-refractivity contribution in [3.05, 3.63) is 212 Å². The van der Waals surface area contributed by atoms with Gasteiger partial charge in [0.25, 0.3) is 0 Å². The lowest BCUT2D eigenvalue weighted by Crippen LogP contribution is -2.13. The zero-order valence-electron chi connectivity index (χ0n) is 32.4. The zero-order chi connectivity index (χ0) is 39.6. The van der Waals surface area contributed by atoms with E-state index in [-0.39, 0.29) is 0 Å². The summed E-state index contributed by atoms with van der Waals surface area (Å²) < 4.78 is 2.46. The van der Waals surface area contributed by atoms with E-state index in [0.717, 1.165) is 55.5 Å². The molecule has 0 N–H and O–H groups in total. The number of aromatic nitrogens is 4. The second kappa shape index (κ2) is 13.8. The quantitative estimate of drug-likeness (QED) is 0.169. The molecular weight excluding hydrogens is 731 g/mol. The maximum Gasteiger partial charge on any atom is 0.164 e. The fourth-order valence-corrected chi connectivity index (χ4v) is 8.97. The molecule has 280 valence electrons. The van der Waals surface area contributed by atoms with E-state index >= 15 is 0 Å². The molecule has 0 spiro atoms. The predicted octanol–water partition coefficient (Wildman–Crippen LogP) is 14.1. The van der Waals surface area contributed by atoms with Crippen LogP contribution in [-0.4, -0.2) is 19.5 Å². The van der Waals surface area contributed by atoms with Gasteiger partial charge in [0.2, 0.25) is 0 Å². The third-order valence-electron chi connectivity index (χ3n) is 11.7. The molecule has 0 radical (unpaired) electrons. The van der Waals surface area contributed by atoms with Crippen molar-refractivity contribution in [1.29, 1.82) is 0 Å². The highest BCUT2D eigenvalue weighted by atomic mass is 15.1. The summed E-state index contributed by atoms with van der Waals surface area (Å²) in [4.78, 5) is 17.7. The number of hydrogen-bond acceptors (Lipinski definition) is 4. The fraction of sp³-hybridized carbons (Fsp3) is 0. The molecule has 0 atom stereocenters. The van der Waals surface area contributed by atoms with Crippen molar-refractivity contribution in [2.24, 2.45) is 0 Å². The summed E-state index contributed by atoms with van der Waals surface area (Å²) in [6.07, 6.45) is 4.45. The molecule has 1 aliphatic heterocycles. The van der Waals surface area contributed by atoms with Crippen molar-refractivity contribution >= 4 is 60.8 Å². The smallest absolute Gasteiger partial charge is 0.164 e. The number of anilines is 2. The lowest BCUT2D eigenvalue weighted by molar-refractivity contribution is 1.08. The second-order valence-corrected chi connectivity index (χ2v) is 15.3. The van der Waals surface area contributed by atoms with E-state index in [9.17, 15) is 0 Å². The Morgan fingerprint density at radius 1 is 0.383 bits per heavy atom. The van der Waals surface area contributed by atoms with Crippen LogP contribution >= 0.6 is 0 Å². The topological polar surface area (TPSA) is 46.8 Å². The average molecular weight is 766 g/mol. The van der Waals surface area contributed by atoms with Crippen LogP contribution in [-0.2, 0) is 0 Å². The lowest BCUT2D eigenvalue weighted by Gasteiger charge is -2.28. The molecule has 0 amide bonds. The highest BCUT2D eigenvalue weighted by molar-refractivity contribution is 6.24. The Hall–Kier alpha value is -8.15. The summed E-state index contributed by atoms with van der Waals surface area (Å²) >= 11 is 0. The van der Waals surface area contributed by atoms with Crippen LogP contribution in [0.5, 0.6) is 0 Å². The molecule has 0 unspecified atom stereocenters. The van der Waals surface area contributed by atoms with Crippen molar-refractivity contribution in [2.45, 2.75) is 0 Å². The largest absolute Gasteiger partial charge is 0.315 e. The van der Waals surface area contributed by atoms with Crippen LogP contribution in [0.3, 0.4) is 0 Å². The molecule has 9 aromatic carbocycles. The molecule has 11 aromatic rings. The van der Waals surface area contributed by atoms with Gasteiger partial charge in [-0.3, -0.25) is 0 Å². The van der Waals surface area contributed by atoms with Crippen LogP contribution in [0.25, 0.3) is 100 Å². The number of benzene rings is 9. The molecule has 5 heteroatoms. The van der Waals surface area contributed by atoms with Gasteiger partial charge in [-0.2, -0.15) is 0 Å². The first kappa shape index (κ1) is 33.9. The molecular formula is C55H35N5. The number of hydrogen-bond donors (Lipinski definition) is 0. The van der Waals surface area contributed by atoms with Gasteiger partial charge in [0.05, 0.1) is 16.7 Å². The molecule has 1 aliphatic rings. The van der Waals surface area contributed by atoms with Gasteiger partial charge in [-0.05, 0) is 87.5 Å². The molecule has 0 saturated carbocycles. The molecule has 12 rings (SSSR count). The van der Waals surface area contributed by atoms with Crippen molar-refractivity contribution in [3.63, 3.8) is 0 Å². The Morgan fingerprint density at radius 3 is 1.72 bits per heavy atom. The van der Waals surface area contributed by atoms with Crippen LogP contribution in [0.2, 0.25) is 0 Å². The van der Waals surface area contributed by atoms with Crippen molar-refractivity contribution in [1.82, 2.24) is 19.5 Å². The molecule has 0 fully saturated rings. The average Bonchev–Trinajstić information content (AvgIpc) is 3.65. The summed E-state index contributed by atoms with van der Waals surface area (Å²) in [7, 11) is 0. The van der Waals surface area contributed by atoms with E-state index in [1.54, 1.807) is 0 Å². The van der Waals surface area contributed by atoms with Gasteiger partial charge < -0.3 is 9.47 Å². The second-order valence-electron chi connectivity index (χ2n) is 15.3. The van der Waals surface area contributed by atoms with Gasteiger partial charge in [-0.25, -0.2) is 15.0 Å². The van der Waals surface area contributed by atoms with Crippen LogP contribution in [0.1, 0.15) is 5.56 Å². The van der Waals surface area contributed by atoms with Crippen LogP contribution in [0.4, 0.5) is 11.4 Å². The van der Waals surface area contributed by atoms with Crippen molar-refractivity contribution < 1.29 is 0 Å². The van der Waals surface area contributed by atoms with Crippen molar-refractivity contribution in [2.75, 3.05) is 4.90 Å². The van der Waals surface area contributed by atoms with E-state index in [4.69, 9.17) is 15.0 Å². The fourth-order valence-electron chi connectivity index (χ4n) is 8.97. The molecule has 5 nitrogen and oxygen atoms in total.